The van der Waals surface area contributed by atoms with Crippen LogP contribution < -0.4 is 15.8 Å². The highest BCUT2D eigenvalue weighted by Gasteiger charge is 2.27. The number of furan rings is 1. The number of hydrogen-bond donors (Lipinski definition) is 2. The average Bonchev–Trinajstić information content (AvgIpc) is 3.15. The van der Waals surface area contributed by atoms with Gasteiger partial charge in [-0.15, -0.1) is 12.4 Å². The van der Waals surface area contributed by atoms with Crippen LogP contribution in [0, 0.1) is 5.92 Å². The molecule has 1 aliphatic rings. The Bertz CT molecular complexity index is 716. The molecule has 1 unspecified atom stereocenters. The number of nitrogens with one attached hydrogen (secondary N) is 1. The first-order valence-electron chi connectivity index (χ1n) is 8.78. The van der Waals surface area contributed by atoms with Gasteiger partial charge in [-0.1, -0.05) is 18.6 Å². The molecule has 1 aromatic carbocycles. The number of fused-ring (bicyclic) bond motifs is 1. The first-order valence-corrected chi connectivity index (χ1v) is 8.78. The van der Waals surface area contributed by atoms with Gasteiger partial charge in [0.1, 0.15) is 5.76 Å². The number of ether oxygens (including phenoxy) is 1. The van der Waals surface area contributed by atoms with Crippen LogP contribution in [0.4, 0.5) is 0 Å². The van der Waals surface area contributed by atoms with E-state index in [4.69, 9.17) is 14.9 Å². The van der Waals surface area contributed by atoms with E-state index in [1.54, 1.807) is 0 Å². The van der Waals surface area contributed by atoms with Gasteiger partial charge in [0.05, 0.1) is 12.6 Å². The lowest BCUT2D eigenvalue weighted by Crippen LogP contribution is -2.32. The normalized spacial score (nSPS) is 20.9. The lowest BCUT2D eigenvalue weighted by molar-refractivity contribution is -0.122. The van der Waals surface area contributed by atoms with E-state index >= 15 is 0 Å². The summed E-state index contributed by atoms with van der Waals surface area (Å²) in [5, 5.41) is 4.01. The fraction of sp³-hybridized carbons (Fsp3) is 0.526. The fourth-order valence-electron chi connectivity index (χ4n) is 3.47. The van der Waals surface area contributed by atoms with Crippen molar-refractivity contribution in [2.45, 2.75) is 51.6 Å². The van der Waals surface area contributed by atoms with Crippen molar-refractivity contribution >= 4 is 29.3 Å². The maximum absolute atomic E-state index is 12.3. The highest BCUT2D eigenvalue weighted by molar-refractivity contribution is 5.85. The van der Waals surface area contributed by atoms with Crippen molar-refractivity contribution in [2.24, 2.45) is 11.7 Å². The van der Waals surface area contributed by atoms with Crippen LogP contribution in [-0.4, -0.2) is 18.6 Å². The minimum absolute atomic E-state index is 0. The van der Waals surface area contributed by atoms with E-state index in [2.05, 4.69) is 5.32 Å². The van der Waals surface area contributed by atoms with E-state index in [1.165, 1.54) is 0 Å². The number of para-hydroxylation sites is 1. The standard InChI is InChI=1S/C19H26N2O3.ClH/c1-3-23-16-9-5-7-14-10-17(24-19(14)16)12(2)21-18(22)11-13-6-4-8-15(13)20;/h5,7,9-10,12-13,15H,3-4,6,8,11,20H2,1-2H3,(H,21,22);1H/t12?,13-,15+;/m0./s1. The molecule has 1 heterocycles. The Kier molecular flexibility index (Phi) is 6.73. The molecule has 3 atom stereocenters. The lowest BCUT2D eigenvalue weighted by Gasteiger charge is -2.17. The summed E-state index contributed by atoms with van der Waals surface area (Å²) in [7, 11) is 0. The zero-order valence-electron chi connectivity index (χ0n) is 14.8. The third-order valence-corrected chi connectivity index (χ3v) is 4.80. The first kappa shape index (κ1) is 19.6. The predicted molar refractivity (Wildman–Crippen MR) is 101 cm³/mol. The number of halogens is 1. The van der Waals surface area contributed by atoms with Gasteiger partial charge in [-0.25, -0.2) is 0 Å². The van der Waals surface area contributed by atoms with Gasteiger partial charge in [0.25, 0.3) is 0 Å². The maximum atomic E-state index is 12.3. The van der Waals surface area contributed by atoms with Crippen LogP contribution >= 0.6 is 12.4 Å². The number of benzene rings is 1. The predicted octanol–water partition coefficient (Wildman–Crippen LogP) is 3.95. The minimum Gasteiger partial charge on any atom is -0.490 e. The fourth-order valence-corrected chi connectivity index (χ4v) is 3.47. The molecule has 0 spiro atoms. The summed E-state index contributed by atoms with van der Waals surface area (Å²) >= 11 is 0. The molecule has 138 valence electrons. The van der Waals surface area contributed by atoms with Gasteiger partial charge >= 0.3 is 0 Å². The molecule has 3 N–H and O–H groups in total. The molecule has 1 aliphatic carbocycles. The summed E-state index contributed by atoms with van der Waals surface area (Å²) in [5.41, 5.74) is 6.78. The van der Waals surface area contributed by atoms with Crippen LogP contribution in [0.25, 0.3) is 11.0 Å². The second kappa shape index (κ2) is 8.59. The zero-order chi connectivity index (χ0) is 17.1. The third kappa shape index (κ3) is 4.47. The number of rotatable bonds is 6. The van der Waals surface area contributed by atoms with Gasteiger partial charge in [-0.2, -0.15) is 0 Å². The van der Waals surface area contributed by atoms with E-state index in [9.17, 15) is 4.79 Å². The maximum Gasteiger partial charge on any atom is 0.220 e. The Balaban J connectivity index is 0.00000225. The number of nitrogens with two attached hydrogens (primary N) is 1. The second-order valence-electron chi connectivity index (χ2n) is 6.60. The van der Waals surface area contributed by atoms with Crippen molar-refractivity contribution in [3.8, 4) is 5.75 Å². The van der Waals surface area contributed by atoms with Crippen LogP contribution in [0.5, 0.6) is 5.75 Å². The summed E-state index contributed by atoms with van der Waals surface area (Å²) in [6.07, 6.45) is 3.69. The molecule has 1 aromatic heterocycles. The molecule has 0 bridgehead atoms. The van der Waals surface area contributed by atoms with Crippen LogP contribution in [0.15, 0.2) is 28.7 Å². The van der Waals surface area contributed by atoms with Crippen molar-refractivity contribution < 1.29 is 13.9 Å². The first-order chi connectivity index (χ1) is 11.6. The summed E-state index contributed by atoms with van der Waals surface area (Å²) in [5.74, 6) is 1.81. The Morgan fingerprint density at radius 1 is 1.44 bits per heavy atom. The molecule has 6 heteroatoms. The van der Waals surface area contributed by atoms with E-state index in [-0.39, 0.29) is 30.4 Å². The molecule has 0 aliphatic heterocycles. The van der Waals surface area contributed by atoms with Crippen LogP contribution in [0.2, 0.25) is 0 Å². The largest absolute Gasteiger partial charge is 0.490 e. The van der Waals surface area contributed by atoms with Crippen LogP contribution in [-0.2, 0) is 4.79 Å². The van der Waals surface area contributed by atoms with Gasteiger partial charge in [-0.3, -0.25) is 4.79 Å². The van der Waals surface area contributed by atoms with Crippen molar-refractivity contribution in [3.05, 3.63) is 30.0 Å². The van der Waals surface area contributed by atoms with Crippen LogP contribution in [0.1, 0.15) is 51.3 Å². The zero-order valence-corrected chi connectivity index (χ0v) is 15.6. The Labute approximate surface area is 154 Å². The molecule has 1 saturated carbocycles. The van der Waals surface area contributed by atoms with Crippen molar-refractivity contribution in [2.75, 3.05) is 6.61 Å². The molecule has 1 amide bonds. The molecule has 25 heavy (non-hydrogen) atoms. The average molecular weight is 367 g/mol. The van der Waals surface area contributed by atoms with E-state index < -0.39 is 0 Å². The summed E-state index contributed by atoms with van der Waals surface area (Å²) in [6.45, 7) is 4.47. The van der Waals surface area contributed by atoms with Crippen molar-refractivity contribution in [1.29, 1.82) is 0 Å². The molecule has 0 radical (unpaired) electrons. The molecular weight excluding hydrogens is 340 g/mol. The monoisotopic (exact) mass is 366 g/mol. The molecule has 0 saturated heterocycles. The van der Waals surface area contributed by atoms with E-state index in [1.807, 2.05) is 38.1 Å². The number of hydrogen-bond acceptors (Lipinski definition) is 4. The SMILES string of the molecule is CCOc1cccc2cc(C(C)NC(=O)C[C@@H]3CCC[C@H]3N)oc12.Cl. The molecule has 2 aromatic rings. The van der Waals surface area contributed by atoms with E-state index in [0.29, 0.717) is 18.9 Å². The Hall–Kier alpha value is -1.72. The van der Waals surface area contributed by atoms with Crippen LogP contribution in [0.3, 0.4) is 0 Å². The van der Waals surface area contributed by atoms with Gasteiger partial charge < -0.3 is 20.2 Å². The molecule has 1 fully saturated rings. The molecule has 5 nitrogen and oxygen atoms in total. The number of carbonyl (C=O) groups excluding carboxylic acids is 1. The van der Waals surface area contributed by atoms with Gasteiger partial charge in [-0.05, 0) is 44.7 Å². The van der Waals surface area contributed by atoms with Crippen molar-refractivity contribution in [1.82, 2.24) is 5.32 Å². The highest BCUT2D eigenvalue weighted by Crippen LogP contribution is 2.31. The highest BCUT2D eigenvalue weighted by atomic mass is 35.5. The van der Waals surface area contributed by atoms with Crippen molar-refractivity contribution in [3.63, 3.8) is 0 Å². The summed E-state index contributed by atoms with van der Waals surface area (Å²) in [4.78, 5) is 12.3. The Morgan fingerprint density at radius 2 is 2.24 bits per heavy atom. The summed E-state index contributed by atoms with van der Waals surface area (Å²) in [6, 6.07) is 7.76. The van der Waals surface area contributed by atoms with Gasteiger partial charge in [0, 0.05) is 17.8 Å². The quantitative estimate of drug-likeness (QED) is 0.811. The minimum atomic E-state index is -0.183. The second-order valence-corrected chi connectivity index (χ2v) is 6.60. The van der Waals surface area contributed by atoms with Gasteiger partial charge in [0.2, 0.25) is 5.91 Å². The number of carbonyl (C=O) groups is 1. The summed E-state index contributed by atoms with van der Waals surface area (Å²) < 4.78 is 11.5. The number of amides is 1. The lowest BCUT2D eigenvalue weighted by atomic mass is 9.99. The Morgan fingerprint density at radius 3 is 2.92 bits per heavy atom. The van der Waals surface area contributed by atoms with E-state index in [0.717, 1.165) is 41.7 Å². The van der Waals surface area contributed by atoms with Gasteiger partial charge in [0.15, 0.2) is 11.3 Å². The topological polar surface area (TPSA) is 77.5 Å². The third-order valence-electron chi connectivity index (χ3n) is 4.80. The smallest absolute Gasteiger partial charge is 0.220 e. The molecule has 3 rings (SSSR count). The molecular formula is C19H27ClN2O3.